The monoisotopic (exact) mass is 351 g/mol. The van der Waals surface area contributed by atoms with Gasteiger partial charge in [0, 0.05) is 10.5 Å². The van der Waals surface area contributed by atoms with Crippen LogP contribution in [-0.4, -0.2) is 13.7 Å². The summed E-state index contributed by atoms with van der Waals surface area (Å²) in [5.41, 5.74) is 1.40. The molecule has 2 aliphatic carbocycles. The summed E-state index contributed by atoms with van der Waals surface area (Å²) in [6, 6.07) is 6.92. The summed E-state index contributed by atoms with van der Waals surface area (Å²) in [5, 5.41) is 3.82. The average Bonchev–Trinajstić information content (AvgIpc) is 3.11. The molecule has 116 valence electrons. The molecule has 3 heteroatoms. The van der Waals surface area contributed by atoms with E-state index >= 15 is 0 Å². The van der Waals surface area contributed by atoms with E-state index in [1.54, 1.807) is 7.11 Å². The largest absolute Gasteiger partial charge is 0.497 e. The van der Waals surface area contributed by atoms with Crippen molar-refractivity contribution in [1.82, 2.24) is 5.32 Å². The summed E-state index contributed by atoms with van der Waals surface area (Å²) in [6.45, 7) is 3.34. The lowest BCUT2D eigenvalue weighted by atomic mass is 9.80. The Bertz CT molecular complexity index is 490. The van der Waals surface area contributed by atoms with Crippen LogP contribution in [0.5, 0.6) is 5.75 Å². The fraction of sp³-hybridized carbons (Fsp3) is 0.667. The van der Waals surface area contributed by atoms with E-state index in [1.807, 2.05) is 0 Å². The third-order valence-electron chi connectivity index (χ3n) is 5.38. The Hall–Kier alpha value is -0.540. The molecule has 2 nitrogen and oxygen atoms in total. The number of hydrogen-bond acceptors (Lipinski definition) is 2. The van der Waals surface area contributed by atoms with Crippen LogP contribution in [0, 0.1) is 17.8 Å². The molecule has 1 aromatic rings. The quantitative estimate of drug-likeness (QED) is 0.783. The molecule has 0 saturated heterocycles. The molecule has 0 aromatic heterocycles. The maximum absolute atomic E-state index is 5.34. The first-order valence-corrected chi connectivity index (χ1v) is 9.09. The predicted octanol–water partition coefficient (Wildman–Crippen LogP) is 4.93. The second kappa shape index (κ2) is 6.70. The van der Waals surface area contributed by atoms with Crippen molar-refractivity contribution in [3.05, 3.63) is 28.2 Å². The number of fused-ring (bicyclic) bond motifs is 2. The summed E-state index contributed by atoms with van der Waals surface area (Å²) in [6.07, 6.45) is 6.96. The van der Waals surface area contributed by atoms with Gasteiger partial charge in [0.1, 0.15) is 5.75 Å². The highest BCUT2D eigenvalue weighted by Gasteiger charge is 2.43. The minimum Gasteiger partial charge on any atom is -0.497 e. The van der Waals surface area contributed by atoms with Gasteiger partial charge in [-0.3, -0.25) is 0 Å². The standard InChI is InChI=1S/C18H26BrNO/c1-3-8-20-18(16-10-12-4-5-13(16)9-12)15-7-6-14(21-2)11-17(15)19/h6-7,11-13,16,18,20H,3-5,8-10H2,1-2H3. The maximum Gasteiger partial charge on any atom is 0.120 e. The van der Waals surface area contributed by atoms with Crippen LogP contribution in [0.15, 0.2) is 22.7 Å². The van der Waals surface area contributed by atoms with Crippen molar-refractivity contribution in [2.24, 2.45) is 17.8 Å². The molecule has 0 amide bonds. The molecule has 2 saturated carbocycles. The van der Waals surface area contributed by atoms with E-state index in [1.165, 1.54) is 42.1 Å². The Morgan fingerprint density at radius 1 is 1.33 bits per heavy atom. The lowest BCUT2D eigenvalue weighted by Gasteiger charge is -2.32. The molecule has 0 heterocycles. The Kier molecular flexibility index (Phi) is 4.90. The van der Waals surface area contributed by atoms with Crippen molar-refractivity contribution in [3.63, 3.8) is 0 Å². The molecule has 0 aliphatic heterocycles. The fourth-order valence-corrected chi connectivity index (χ4v) is 4.99. The number of ether oxygens (including phenoxy) is 1. The minimum absolute atomic E-state index is 0.487. The van der Waals surface area contributed by atoms with Gasteiger partial charge in [-0.1, -0.05) is 35.3 Å². The zero-order chi connectivity index (χ0) is 14.8. The van der Waals surface area contributed by atoms with Crippen LogP contribution >= 0.6 is 15.9 Å². The molecular formula is C18H26BrNO. The first-order valence-electron chi connectivity index (χ1n) is 8.29. The molecule has 2 fully saturated rings. The number of rotatable bonds is 6. The molecule has 2 bridgehead atoms. The third-order valence-corrected chi connectivity index (χ3v) is 6.06. The molecule has 21 heavy (non-hydrogen) atoms. The molecule has 1 aromatic carbocycles. The summed E-state index contributed by atoms with van der Waals surface area (Å²) in [5.74, 6) is 3.65. The fourth-order valence-electron chi connectivity index (χ4n) is 4.38. The minimum atomic E-state index is 0.487. The van der Waals surface area contributed by atoms with E-state index in [0.717, 1.165) is 30.0 Å². The Labute approximate surface area is 136 Å². The Morgan fingerprint density at radius 2 is 2.19 bits per heavy atom. The topological polar surface area (TPSA) is 21.3 Å². The van der Waals surface area contributed by atoms with Crippen molar-refractivity contribution in [2.45, 2.75) is 45.1 Å². The van der Waals surface area contributed by atoms with Crippen LogP contribution in [0.4, 0.5) is 0 Å². The molecule has 1 N–H and O–H groups in total. The first kappa shape index (κ1) is 15.4. The van der Waals surface area contributed by atoms with Crippen LogP contribution in [-0.2, 0) is 0 Å². The van der Waals surface area contributed by atoms with Gasteiger partial charge < -0.3 is 10.1 Å². The van der Waals surface area contributed by atoms with E-state index in [2.05, 4.69) is 46.4 Å². The van der Waals surface area contributed by atoms with Crippen LogP contribution in [0.25, 0.3) is 0 Å². The van der Waals surface area contributed by atoms with Gasteiger partial charge in [-0.2, -0.15) is 0 Å². The number of halogens is 1. The SMILES string of the molecule is CCCNC(c1ccc(OC)cc1Br)C1CC2CCC1C2. The van der Waals surface area contributed by atoms with E-state index in [-0.39, 0.29) is 0 Å². The van der Waals surface area contributed by atoms with Gasteiger partial charge in [0.15, 0.2) is 0 Å². The normalized spacial score (nSPS) is 28.8. The van der Waals surface area contributed by atoms with Gasteiger partial charge in [-0.25, -0.2) is 0 Å². The van der Waals surface area contributed by atoms with Crippen LogP contribution in [0.1, 0.15) is 50.6 Å². The van der Waals surface area contributed by atoms with Crippen LogP contribution in [0.2, 0.25) is 0 Å². The van der Waals surface area contributed by atoms with E-state index < -0.39 is 0 Å². The van der Waals surface area contributed by atoms with Gasteiger partial charge in [0.05, 0.1) is 7.11 Å². The number of hydrogen-bond donors (Lipinski definition) is 1. The van der Waals surface area contributed by atoms with Gasteiger partial charge in [-0.15, -0.1) is 0 Å². The van der Waals surface area contributed by atoms with Gasteiger partial charge in [-0.05, 0) is 67.7 Å². The summed E-state index contributed by atoms with van der Waals surface area (Å²) < 4.78 is 6.51. The maximum atomic E-state index is 5.34. The molecular weight excluding hydrogens is 326 g/mol. The van der Waals surface area contributed by atoms with Gasteiger partial charge in [0.25, 0.3) is 0 Å². The molecule has 3 rings (SSSR count). The second-order valence-electron chi connectivity index (χ2n) is 6.66. The number of benzene rings is 1. The zero-order valence-electron chi connectivity index (χ0n) is 13.1. The van der Waals surface area contributed by atoms with Crippen LogP contribution in [0.3, 0.4) is 0 Å². The molecule has 4 atom stereocenters. The lowest BCUT2D eigenvalue weighted by molar-refractivity contribution is 0.250. The number of nitrogens with one attached hydrogen (secondary N) is 1. The Balaban J connectivity index is 1.85. The van der Waals surface area contributed by atoms with E-state index in [4.69, 9.17) is 4.74 Å². The predicted molar refractivity (Wildman–Crippen MR) is 90.7 cm³/mol. The van der Waals surface area contributed by atoms with Crippen molar-refractivity contribution in [1.29, 1.82) is 0 Å². The van der Waals surface area contributed by atoms with Gasteiger partial charge >= 0.3 is 0 Å². The zero-order valence-corrected chi connectivity index (χ0v) is 14.7. The van der Waals surface area contributed by atoms with Crippen LogP contribution < -0.4 is 10.1 Å². The average molecular weight is 352 g/mol. The molecule has 0 spiro atoms. The van der Waals surface area contributed by atoms with E-state index in [9.17, 15) is 0 Å². The van der Waals surface area contributed by atoms with Crippen molar-refractivity contribution < 1.29 is 4.74 Å². The highest BCUT2D eigenvalue weighted by atomic mass is 79.9. The van der Waals surface area contributed by atoms with Crippen molar-refractivity contribution in [2.75, 3.05) is 13.7 Å². The number of methoxy groups -OCH3 is 1. The smallest absolute Gasteiger partial charge is 0.120 e. The summed E-state index contributed by atoms with van der Waals surface area (Å²) >= 11 is 3.76. The molecule has 4 unspecified atom stereocenters. The van der Waals surface area contributed by atoms with Crippen molar-refractivity contribution >= 4 is 15.9 Å². The second-order valence-corrected chi connectivity index (χ2v) is 7.51. The van der Waals surface area contributed by atoms with Gasteiger partial charge in [0.2, 0.25) is 0 Å². The lowest BCUT2D eigenvalue weighted by Crippen LogP contribution is -2.32. The molecule has 2 aliphatic rings. The summed E-state index contributed by atoms with van der Waals surface area (Å²) in [4.78, 5) is 0. The summed E-state index contributed by atoms with van der Waals surface area (Å²) in [7, 11) is 1.73. The molecule has 0 radical (unpaired) electrons. The first-order chi connectivity index (χ1) is 10.2. The highest BCUT2D eigenvalue weighted by Crippen LogP contribution is 2.53. The highest BCUT2D eigenvalue weighted by molar-refractivity contribution is 9.10. The Morgan fingerprint density at radius 3 is 2.76 bits per heavy atom. The third kappa shape index (κ3) is 3.14. The van der Waals surface area contributed by atoms with E-state index in [0.29, 0.717) is 6.04 Å². The van der Waals surface area contributed by atoms with Crippen molar-refractivity contribution in [3.8, 4) is 5.75 Å².